The zero-order valence-electron chi connectivity index (χ0n) is 15.3. The molecule has 1 heterocycles. The van der Waals surface area contributed by atoms with Gasteiger partial charge in [-0.2, -0.15) is 4.31 Å². The SMILES string of the molecule is CCCS(=O)(=O)N1CCC[C@H]1C(=O)N[C@@H](C)c1cccc2ccccc12. The Kier molecular flexibility index (Phi) is 5.63. The highest BCUT2D eigenvalue weighted by molar-refractivity contribution is 7.89. The lowest BCUT2D eigenvalue weighted by atomic mass is 9.99. The minimum absolute atomic E-state index is 0.0929. The summed E-state index contributed by atoms with van der Waals surface area (Å²) >= 11 is 0. The first kappa shape index (κ1) is 18.9. The molecular weight excluding hydrogens is 348 g/mol. The Hall–Kier alpha value is -1.92. The van der Waals surface area contributed by atoms with Gasteiger partial charge in [0.05, 0.1) is 11.8 Å². The van der Waals surface area contributed by atoms with Gasteiger partial charge >= 0.3 is 0 Å². The van der Waals surface area contributed by atoms with Crippen LogP contribution in [0.3, 0.4) is 0 Å². The molecule has 1 aliphatic rings. The van der Waals surface area contributed by atoms with Gasteiger partial charge in [-0.05, 0) is 42.5 Å². The number of carbonyl (C=O) groups excluding carboxylic acids is 1. The lowest BCUT2D eigenvalue weighted by molar-refractivity contribution is -0.124. The lowest BCUT2D eigenvalue weighted by Gasteiger charge is -2.25. The fourth-order valence-electron chi connectivity index (χ4n) is 3.73. The molecule has 2 aromatic carbocycles. The Morgan fingerprint density at radius 1 is 1.23 bits per heavy atom. The first-order valence-corrected chi connectivity index (χ1v) is 10.8. The van der Waals surface area contributed by atoms with Gasteiger partial charge in [-0.3, -0.25) is 4.79 Å². The predicted octanol–water partition coefficient (Wildman–Crippen LogP) is 3.22. The van der Waals surface area contributed by atoms with E-state index in [4.69, 9.17) is 0 Å². The van der Waals surface area contributed by atoms with Crippen LogP contribution in [-0.4, -0.2) is 37.0 Å². The maximum Gasteiger partial charge on any atom is 0.238 e. The van der Waals surface area contributed by atoms with Crippen molar-refractivity contribution in [2.75, 3.05) is 12.3 Å². The number of nitrogens with one attached hydrogen (secondary N) is 1. The van der Waals surface area contributed by atoms with Crippen LogP contribution >= 0.6 is 0 Å². The molecule has 1 fully saturated rings. The molecule has 0 saturated carbocycles. The second-order valence-corrected chi connectivity index (χ2v) is 8.92. The second kappa shape index (κ2) is 7.76. The number of hydrogen-bond acceptors (Lipinski definition) is 3. The first-order chi connectivity index (χ1) is 12.4. The number of sulfonamides is 1. The van der Waals surface area contributed by atoms with Gasteiger partial charge in [0.1, 0.15) is 6.04 Å². The Labute approximate surface area is 155 Å². The molecule has 1 N–H and O–H groups in total. The minimum atomic E-state index is -3.37. The summed E-state index contributed by atoms with van der Waals surface area (Å²) in [5, 5.41) is 5.26. The number of rotatable bonds is 6. The molecule has 5 nitrogen and oxygen atoms in total. The molecule has 0 bridgehead atoms. The quantitative estimate of drug-likeness (QED) is 0.844. The lowest BCUT2D eigenvalue weighted by Crippen LogP contribution is -2.47. The van der Waals surface area contributed by atoms with Gasteiger partial charge in [-0.25, -0.2) is 8.42 Å². The van der Waals surface area contributed by atoms with Crippen molar-refractivity contribution in [3.63, 3.8) is 0 Å². The maximum absolute atomic E-state index is 12.8. The largest absolute Gasteiger partial charge is 0.348 e. The summed E-state index contributed by atoms with van der Waals surface area (Å²) in [5.74, 6) is -0.113. The van der Waals surface area contributed by atoms with Crippen molar-refractivity contribution in [2.24, 2.45) is 0 Å². The van der Waals surface area contributed by atoms with Crippen molar-refractivity contribution in [3.05, 3.63) is 48.0 Å². The Balaban J connectivity index is 1.78. The van der Waals surface area contributed by atoms with Crippen LogP contribution in [0.5, 0.6) is 0 Å². The molecule has 0 aromatic heterocycles. The van der Waals surface area contributed by atoms with Crippen molar-refractivity contribution in [1.29, 1.82) is 0 Å². The first-order valence-electron chi connectivity index (χ1n) is 9.21. The summed E-state index contributed by atoms with van der Waals surface area (Å²) in [6.45, 7) is 4.22. The van der Waals surface area contributed by atoms with E-state index in [-0.39, 0.29) is 17.7 Å². The smallest absolute Gasteiger partial charge is 0.238 e. The van der Waals surface area contributed by atoms with Crippen LogP contribution in [0.1, 0.15) is 44.7 Å². The van der Waals surface area contributed by atoms with Gasteiger partial charge in [0.15, 0.2) is 0 Å². The van der Waals surface area contributed by atoms with Crippen molar-refractivity contribution in [1.82, 2.24) is 9.62 Å². The number of hydrogen-bond donors (Lipinski definition) is 1. The van der Waals surface area contributed by atoms with Crippen molar-refractivity contribution < 1.29 is 13.2 Å². The summed E-state index contributed by atoms with van der Waals surface area (Å²) in [5.41, 5.74) is 1.04. The van der Waals surface area contributed by atoms with Crippen LogP contribution in [-0.2, 0) is 14.8 Å². The number of benzene rings is 2. The van der Waals surface area contributed by atoms with Crippen LogP contribution in [0, 0.1) is 0 Å². The van der Waals surface area contributed by atoms with Gasteiger partial charge in [0.2, 0.25) is 15.9 Å². The van der Waals surface area contributed by atoms with E-state index in [1.165, 1.54) is 4.31 Å². The second-order valence-electron chi connectivity index (χ2n) is 6.88. The number of amides is 1. The molecule has 0 radical (unpaired) electrons. The summed E-state index contributed by atoms with van der Waals surface area (Å²) in [4.78, 5) is 12.8. The molecular formula is C20H26N2O3S. The third-order valence-corrected chi connectivity index (χ3v) is 7.05. The summed E-state index contributed by atoms with van der Waals surface area (Å²) < 4.78 is 26.2. The molecule has 0 spiro atoms. The van der Waals surface area contributed by atoms with E-state index in [0.29, 0.717) is 19.4 Å². The number of nitrogens with zero attached hydrogens (tertiary/aromatic N) is 1. The molecule has 2 atom stereocenters. The van der Waals surface area contributed by atoms with Crippen LogP contribution in [0.25, 0.3) is 10.8 Å². The molecule has 3 rings (SSSR count). The number of carbonyl (C=O) groups is 1. The average molecular weight is 375 g/mol. The van der Waals surface area contributed by atoms with Crippen molar-refractivity contribution >= 4 is 26.7 Å². The monoisotopic (exact) mass is 374 g/mol. The van der Waals surface area contributed by atoms with Gasteiger partial charge in [-0.1, -0.05) is 49.4 Å². The van der Waals surface area contributed by atoms with E-state index >= 15 is 0 Å². The fraction of sp³-hybridized carbons (Fsp3) is 0.450. The van der Waals surface area contributed by atoms with E-state index in [2.05, 4.69) is 5.32 Å². The fourth-order valence-corrected chi connectivity index (χ4v) is 5.47. The number of fused-ring (bicyclic) bond motifs is 1. The molecule has 1 aliphatic heterocycles. The third-order valence-electron chi connectivity index (χ3n) is 4.97. The van der Waals surface area contributed by atoms with E-state index < -0.39 is 16.1 Å². The van der Waals surface area contributed by atoms with E-state index in [9.17, 15) is 13.2 Å². The van der Waals surface area contributed by atoms with Crippen LogP contribution in [0.15, 0.2) is 42.5 Å². The molecule has 1 amide bonds. The van der Waals surface area contributed by atoms with Gasteiger partial charge < -0.3 is 5.32 Å². The van der Waals surface area contributed by atoms with Crippen LogP contribution < -0.4 is 5.32 Å². The topological polar surface area (TPSA) is 66.5 Å². The van der Waals surface area contributed by atoms with Crippen molar-refractivity contribution in [2.45, 2.75) is 45.2 Å². The Morgan fingerprint density at radius 2 is 1.96 bits per heavy atom. The van der Waals surface area contributed by atoms with Crippen molar-refractivity contribution in [3.8, 4) is 0 Å². The van der Waals surface area contributed by atoms with Crippen LogP contribution in [0.4, 0.5) is 0 Å². The maximum atomic E-state index is 12.8. The summed E-state index contributed by atoms with van der Waals surface area (Å²) in [6.07, 6.45) is 1.86. The molecule has 26 heavy (non-hydrogen) atoms. The minimum Gasteiger partial charge on any atom is -0.348 e. The standard InChI is InChI=1S/C20H26N2O3S/c1-3-14-26(24,25)22-13-7-12-19(22)20(23)21-15(2)17-11-6-9-16-8-4-5-10-18(16)17/h4-6,8-11,15,19H,3,7,12-14H2,1-2H3,(H,21,23)/t15-,19-/m0/s1. The molecule has 140 valence electrons. The highest BCUT2D eigenvalue weighted by atomic mass is 32.2. The Morgan fingerprint density at radius 3 is 2.73 bits per heavy atom. The summed E-state index contributed by atoms with van der Waals surface area (Å²) in [7, 11) is -3.37. The van der Waals surface area contributed by atoms with E-state index in [0.717, 1.165) is 22.8 Å². The average Bonchev–Trinajstić information content (AvgIpc) is 3.12. The normalized spacial score (nSPS) is 19.5. The van der Waals surface area contributed by atoms with Gasteiger partial charge in [-0.15, -0.1) is 0 Å². The molecule has 0 aliphatic carbocycles. The Bertz CT molecular complexity index is 890. The highest BCUT2D eigenvalue weighted by Crippen LogP contribution is 2.26. The van der Waals surface area contributed by atoms with Crippen LogP contribution in [0.2, 0.25) is 0 Å². The van der Waals surface area contributed by atoms with Gasteiger partial charge in [0, 0.05) is 6.54 Å². The molecule has 1 saturated heterocycles. The highest BCUT2D eigenvalue weighted by Gasteiger charge is 2.38. The third kappa shape index (κ3) is 3.76. The molecule has 2 aromatic rings. The summed E-state index contributed by atoms with van der Waals surface area (Å²) in [6, 6.07) is 13.3. The van der Waals surface area contributed by atoms with E-state index in [1.54, 1.807) is 0 Å². The van der Waals surface area contributed by atoms with E-state index in [1.807, 2.05) is 56.3 Å². The molecule has 6 heteroatoms. The molecule has 0 unspecified atom stereocenters. The predicted molar refractivity (Wildman–Crippen MR) is 104 cm³/mol. The zero-order valence-corrected chi connectivity index (χ0v) is 16.1. The van der Waals surface area contributed by atoms with Gasteiger partial charge in [0.25, 0.3) is 0 Å². The zero-order chi connectivity index (χ0) is 18.7.